The predicted octanol–water partition coefficient (Wildman–Crippen LogP) is 1.14. The van der Waals surface area contributed by atoms with Crippen LogP contribution in [0.3, 0.4) is 0 Å². The Labute approximate surface area is 85.6 Å². The van der Waals surface area contributed by atoms with E-state index in [9.17, 15) is 8.42 Å². The zero-order chi connectivity index (χ0) is 10.2. The van der Waals surface area contributed by atoms with Gasteiger partial charge in [0.1, 0.15) is 0 Å². The average Bonchev–Trinajstić information content (AvgIpc) is 2.76. The molecule has 0 spiro atoms. The van der Waals surface area contributed by atoms with Crippen molar-refractivity contribution >= 4 is 10.0 Å². The van der Waals surface area contributed by atoms with Gasteiger partial charge in [-0.15, -0.1) is 0 Å². The maximum absolute atomic E-state index is 11.2. The summed E-state index contributed by atoms with van der Waals surface area (Å²) in [6.07, 6.45) is 6.92. The molecule has 3 atom stereocenters. The van der Waals surface area contributed by atoms with Gasteiger partial charge in [0.05, 0.1) is 5.75 Å². The van der Waals surface area contributed by atoms with E-state index in [-0.39, 0.29) is 5.75 Å². The minimum atomic E-state index is -3.00. The summed E-state index contributed by atoms with van der Waals surface area (Å²) in [5.41, 5.74) is 0. The van der Waals surface area contributed by atoms with Crippen molar-refractivity contribution in [2.75, 3.05) is 12.3 Å². The van der Waals surface area contributed by atoms with Gasteiger partial charge in [-0.25, -0.2) is 13.1 Å². The molecule has 0 radical (unpaired) electrons. The van der Waals surface area contributed by atoms with E-state index >= 15 is 0 Å². The van der Waals surface area contributed by atoms with Crippen LogP contribution in [0.1, 0.15) is 19.8 Å². The van der Waals surface area contributed by atoms with Gasteiger partial charge >= 0.3 is 0 Å². The minimum Gasteiger partial charge on any atom is -0.215 e. The third-order valence-corrected chi connectivity index (χ3v) is 4.73. The zero-order valence-electron chi connectivity index (χ0n) is 8.44. The van der Waals surface area contributed by atoms with Crippen LogP contribution in [0.25, 0.3) is 0 Å². The van der Waals surface area contributed by atoms with Crippen molar-refractivity contribution in [3.05, 3.63) is 12.2 Å². The molecule has 1 fully saturated rings. The van der Waals surface area contributed by atoms with E-state index in [2.05, 4.69) is 16.9 Å². The van der Waals surface area contributed by atoms with E-state index in [1.54, 1.807) is 6.92 Å². The van der Waals surface area contributed by atoms with Crippen molar-refractivity contribution in [1.29, 1.82) is 0 Å². The third-order valence-electron chi connectivity index (χ3n) is 3.36. The van der Waals surface area contributed by atoms with Crippen LogP contribution in [-0.2, 0) is 10.0 Å². The highest BCUT2D eigenvalue weighted by Gasteiger charge is 2.35. The minimum absolute atomic E-state index is 0.184. The maximum atomic E-state index is 11.2. The summed E-state index contributed by atoms with van der Waals surface area (Å²) in [4.78, 5) is 0. The number of nitrogens with one attached hydrogen (secondary N) is 1. The summed E-state index contributed by atoms with van der Waals surface area (Å²) in [7, 11) is -3.00. The quantitative estimate of drug-likeness (QED) is 0.715. The van der Waals surface area contributed by atoms with Crippen molar-refractivity contribution in [3.63, 3.8) is 0 Å². The summed E-state index contributed by atoms with van der Waals surface area (Å²) >= 11 is 0. The van der Waals surface area contributed by atoms with Gasteiger partial charge in [0.2, 0.25) is 10.0 Å². The molecule has 0 aliphatic heterocycles. The van der Waals surface area contributed by atoms with Crippen molar-refractivity contribution in [3.8, 4) is 0 Å². The summed E-state index contributed by atoms with van der Waals surface area (Å²) in [6.45, 7) is 2.30. The van der Waals surface area contributed by atoms with Crippen molar-refractivity contribution in [2.45, 2.75) is 19.8 Å². The number of allylic oxidation sites excluding steroid dienone is 2. The molecule has 2 rings (SSSR count). The molecule has 0 heterocycles. The number of fused-ring (bicyclic) bond motifs is 2. The lowest BCUT2D eigenvalue weighted by atomic mass is 9.94. The van der Waals surface area contributed by atoms with Crippen LogP contribution >= 0.6 is 0 Å². The van der Waals surface area contributed by atoms with Crippen molar-refractivity contribution in [1.82, 2.24) is 4.72 Å². The normalized spacial score (nSPS) is 35.4. The lowest BCUT2D eigenvalue weighted by Crippen LogP contribution is -2.31. The van der Waals surface area contributed by atoms with Gasteiger partial charge in [0.25, 0.3) is 0 Å². The van der Waals surface area contributed by atoms with Gasteiger partial charge in [0.15, 0.2) is 0 Å². The molecule has 2 aliphatic carbocycles. The number of hydrogen-bond donors (Lipinski definition) is 1. The monoisotopic (exact) mass is 215 g/mol. The van der Waals surface area contributed by atoms with Crippen molar-refractivity contribution < 1.29 is 8.42 Å². The first-order valence-electron chi connectivity index (χ1n) is 5.26. The van der Waals surface area contributed by atoms with Gasteiger partial charge < -0.3 is 0 Å². The first kappa shape index (κ1) is 10.2. The highest BCUT2D eigenvalue weighted by atomic mass is 32.2. The van der Waals surface area contributed by atoms with Crippen LogP contribution in [0, 0.1) is 17.8 Å². The van der Waals surface area contributed by atoms with E-state index in [1.165, 1.54) is 6.42 Å². The molecule has 14 heavy (non-hydrogen) atoms. The van der Waals surface area contributed by atoms with Gasteiger partial charge in [-0.1, -0.05) is 12.2 Å². The van der Waals surface area contributed by atoms with E-state index in [1.807, 2.05) is 0 Å². The fraction of sp³-hybridized carbons (Fsp3) is 0.800. The van der Waals surface area contributed by atoms with Crippen LogP contribution in [0.15, 0.2) is 12.2 Å². The summed E-state index contributed by atoms with van der Waals surface area (Å²) in [5, 5.41) is 0. The SMILES string of the molecule is CCS(=O)(=O)NCC1CC2C=CC1C2. The Morgan fingerprint density at radius 1 is 1.36 bits per heavy atom. The van der Waals surface area contributed by atoms with Crippen LogP contribution in [0.2, 0.25) is 0 Å². The summed E-state index contributed by atoms with van der Waals surface area (Å²) < 4.78 is 25.1. The first-order valence-corrected chi connectivity index (χ1v) is 6.91. The predicted molar refractivity (Wildman–Crippen MR) is 56.3 cm³/mol. The van der Waals surface area contributed by atoms with Crippen LogP contribution in [-0.4, -0.2) is 20.7 Å². The Morgan fingerprint density at radius 2 is 2.14 bits per heavy atom. The summed E-state index contributed by atoms with van der Waals surface area (Å²) in [5.74, 6) is 2.06. The molecule has 1 saturated carbocycles. The second-order valence-corrected chi connectivity index (χ2v) is 6.39. The Bertz CT molecular complexity index is 334. The van der Waals surface area contributed by atoms with Crippen LogP contribution in [0.4, 0.5) is 0 Å². The van der Waals surface area contributed by atoms with Gasteiger partial charge in [-0.2, -0.15) is 0 Å². The fourth-order valence-corrected chi connectivity index (χ4v) is 3.14. The molecule has 3 unspecified atom stereocenters. The molecule has 80 valence electrons. The molecule has 4 heteroatoms. The molecule has 2 aliphatic rings. The molecular weight excluding hydrogens is 198 g/mol. The molecule has 0 amide bonds. The first-order chi connectivity index (χ1) is 6.61. The topological polar surface area (TPSA) is 46.2 Å². The molecule has 0 aromatic heterocycles. The van der Waals surface area contributed by atoms with E-state index in [0.29, 0.717) is 18.4 Å². The van der Waals surface area contributed by atoms with Gasteiger partial charge in [-0.05, 0) is 37.5 Å². The molecule has 1 N–H and O–H groups in total. The molecule has 0 aromatic carbocycles. The second kappa shape index (κ2) is 3.66. The molecule has 2 bridgehead atoms. The number of rotatable bonds is 4. The van der Waals surface area contributed by atoms with E-state index in [4.69, 9.17) is 0 Å². The highest BCUT2D eigenvalue weighted by Crippen LogP contribution is 2.42. The standard InChI is InChI=1S/C10H17NO2S/c1-2-14(12,13)11-7-10-6-8-3-4-9(10)5-8/h3-4,8-11H,2,5-7H2,1H3. The molecule has 0 saturated heterocycles. The van der Waals surface area contributed by atoms with E-state index < -0.39 is 10.0 Å². The largest absolute Gasteiger partial charge is 0.215 e. The zero-order valence-corrected chi connectivity index (χ0v) is 9.26. The Kier molecular flexibility index (Phi) is 2.66. The van der Waals surface area contributed by atoms with Gasteiger partial charge in [-0.3, -0.25) is 0 Å². The molecule has 3 nitrogen and oxygen atoms in total. The number of sulfonamides is 1. The lowest BCUT2D eigenvalue weighted by molar-refractivity contribution is 0.440. The number of hydrogen-bond acceptors (Lipinski definition) is 2. The molecule has 0 aromatic rings. The maximum Gasteiger partial charge on any atom is 0.211 e. The Balaban J connectivity index is 1.86. The Morgan fingerprint density at radius 3 is 2.64 bits per heavy atom. The van der Waals surface area contributed by atoms with Crippen molar-refractivity contribution in [2.24, 2.45) is 17.8 Å². The summed E-state index contributed by atoms with van der Waals surface area (Å²) in [6, 6.07) is 0. The smallest absolute Gasteiger partial charge is 0.211 e. The van der Waals surface area contributed by atoms with Crippen LogP contribution in [0.5, 0.6) is 0 Å². The van der Waals surface area contributed by atoms with Crippen LogP contribution < -0.4 is 4.72 Å². The third kappa shape index (κ3) is 2.01. The Hall–Kier alpha value is -0.350. The second-order valence-electron chi connectivity index (χ2n) is 4.29. The highest BCUT2D eigenvalue weighted by molar-refractivity contribution is 7.89. The average molecular weight is 215 g/mol. The fourth-order valence-electron chi connectivity index (χ4n) is 2.47. The van der Waals surface area contributed by atoms with E-state index in [0.717, 1.165) is 12.3 Å². The lowest BCUT2D eigenvalue weighted by Gasteiger charge is -2.18. The molecular formula is C10H17NO2S. The van der Waals surface area contributed by atoms with Gasteiger partial charge in [0, 0.05) is 6.54 Å².